The van der Waals surface area contributed by atoms with Crippen molar-refractivity contribution in [3.63, 3.8) is 0 Å². The molecular formula is C15H17F3O2Si. The molecule has 114 valence electrons. The highest BCUT2D eigenvalue weighted by molar-refractivity contribution is 6.83. The third-order valence-corrected chi connectivity index (χ3v) is 3.21. The van der Waals surface area contributed by atoms with Gasteiger partial charge in [-0.05, 0) is 25.1 Å². The van der Waals surface area contributed by atoms with Crippen LogP contribution >= 0.6 is 0 Å². The van der Waals surface area contributed by atoms with Gasteiger partial charge in [-0.1, -0.05) is 25.6 Å². The summed E-state index contributed by atoms with van der Waals surface area (Å²) in [6.07, 6.45) is -4.45. The van der Waals surface area contributed by atoms with Crippen LogP contribution in [0.1, 0.15) is 22.8 Å². The summed E-state index contributed by atoms with van der Waals surface area (Å²) in [5.41, 5.74) is 3.78. The summed E-state index contributed by atoms with van der Waals surface area (Å²) in [7, 11) is -1.59. The molecule has 1 aromatic rings. The number of hydrogen-bond acceptors (Lipinski definition) is 2. The summed E-state index contributed by atoms with van der Waals surface area (Å²) in [5.74, 6) is 2.50. The molecule has 0 aliphatic heterocycles. The van der Waals surface area contributed by atoms with Gasteiger partial charge in [0.05, 0.1) is 5.56 Å². The highest BCUT2D eigenvalue weighted by Gasteiger charge is 2.29. The largest absolute Gasteiger partial charge is 0.483 e. The van der Waals surface area contributed by atoms with E-state index in [9.17, 15) is 18.0 Å². The molecule has 0 amide bonds. The van der Waals surface area contributed by atoms with Crippen molar-refractivity contribution in [2.75, 3.05) is 6.61 Å². The Kier molecular flexibility index (Phi) is 5.24. The van der Waals surface area contributed by atoms with Crippen LogP contribution in [0.25, 0.3) is 0 Å². The number of halogens is 3. The first-order chi connectivity index (χ1) is 9.48. The number of Topliss-reactive ketones (excluding diaryl/α,β-unsaturated/α-hetero) is 1. The van der Waals surface area contributed by atoms with Crippen molar-refractivity contribution in [2.24, 2.45) is 0 Å². The van der Waals surface area contributed by atoms with Gasteiger partial charge in [-0.15, -0.1) is 5.54 Å². The molecule has 0 fully saturated rings. The first-order valence-corrected chi connectivity index (χ1v) is 9.86. The Balaban J connectivity index is 3.11. The van der Waals surface area contributed by atoms with E-state index in [0.29, 0.717) is 5.56 Å². The van der Waals surface area contributed by atoms with Crippen LogP contribution < -0.4 is 4.74 Å². The van der Waals surface area contributed by atoms with Crippen LogP contribution in [0.15, 0.2) is 18.2 Å². The molecule has 0 unspecified atom stereocenters. The third-order valence-electron chi connectivity index (χ3n) is 2.33. The Bertz CT molecular complexity index is 590. The van der Waals surface area contributed by atoms with E-state index in [2.05, 4.69) is 31.1 Å². The van der Waals surface area contributed by atoms with E-state index in [1.54, 1.807) is 6.07 Å². The van der Waals surface area contributed by atoms with E-state index >= 15 is 0 Å². The number of carbonyl (C=O) groups excluding carboxylic acids is 1. The van der Waals surface area contributed by atoms with Crippen molar-refractivity contribution in [3.05, 3.63) is 29.3 Å². The molecule has 0 radical (unpaired) electrons. The van der Waals surface area contributed by atoms with Crippen LogP contribution in [-0.2, 0) is 0 Å². The summed E-state index contributed by atoms with van der Waals surface area (Å²) in [5, 5.41) is 0. The van der Waals surface area contributed by atoms with Crippen molar-refractivity contribution < 1.29 is 22.7 Å². The molecule has 0 atom stereocenters. The van der Waals surface area contributed by atoms with Gasteiger partial charge in [-0.3, -0.25) is 4.79 Å². The van der Waals surface area contributed by atoms with E-state index in [1.165, 1.54) is 19.1 Å². The van der Waals surface area contributed by atoms with E-state index in [0.717, 1.165) is 0 Å². The quantitative estimate of drug-likeness (QED) is 0.478. The Hall–Kier alpha value is -1.74. The van der Waals surface area contributed by atoms with Gasteiger partial charge in [0.1, 0.15) is 13.8 Å². The number of alkyl halides is 3. The molecule has 21 heavy (non-hydrogen) atoms. The molecule has 0 aliphatic carbocycles. The molecule has 1 aromatic carbocycles. The second-order valence-electron chi connectivity index (χ2n) is 5.67. The lowest BCUT2D eigenvalue weighted by atomic mass is 10.1. The van der Waals surface area contributed by atoms with Crippen LogP contribution in [0.5, 0.6) is 5.75 Å². The molecule has 6 heteroatoms. The standard InChI is InChI=1S/C15H17F3O2Si/c1-11(19)13-6-5-12(7-8-21(2,3)4)9-14(13)20-10-15(16,17)18/h5-6,9H,10H2,1-4H3. The number of hydrogen-bond donors (Lipinski definition) is 0. The second kappa shape index (κ2) is 6.35. The Labute approximate surface area is 123 Å². The maximum atomic E-state index is 12.2. The summed E-state index contributed by atoms with van der Waals surface area (Å²) < 4.78 is 41.5. The summed E-state index contributed by atoms with van der Waals surface area (Å²) >= 11 is 0. The molecule has 0 saturated carbocycles. The Morgan fingerprint density at radius 1 is 1.29 bits per heavy atom. The fraction of sp³-hybridized carbons (Fsp3) is 0.400. The smallest absolute Gasteiger partial charge is 0.422 e. The predicted molar refractivity (Wildman–Crippen MR) is 78.2 cm³/mol. The molecule has 0 spiro atoms. The van der Waals surface area contributed by atoms with E-state index in [1.807, 2.05) is 0 Å². The normalized spacial score (nSPS) is 11.6. The Morgan fingerprint density at radius 3 is 2.38 bits per heavy atom. The van der Waals surface area contributed by atoms with Crippen LogP contribution in [0, 0.1) is 11.5 Å². The van der Waals surface area contributed by atoms with E-state index < -0.39 is 20.9 Å². The summed E-state index contributed by atoms with van der Waals surface area (Å²) in [4.78, 5) is 11.4. The molecule has 1 rings (SSSR count). The minimum Gasteiger partial charge on any atom is -0.483 e. The first kappa shape index (κ1) is 17.3. The molecule has 0 heterocycles. The number of ether oxygens (including phenoxy) is 1. The number of rotatable bonds is 3. The molecule has 0 bridgehead atoms. The summed E-state index contributed by atoms with van der Waals surface area (Å²) in [6.45, 7) is 6.03. The zero-order chi connectivity index (χ0) is 16.3. The van der Waals surface area contributed by atoms with Crippen LogP contribution in [0.2, 0.25) is 19.6 Å². The van der Waals surface area contributed by atoms with Crippen molar-refractivity contribution in [1.82, 2.24) is 0 Å². The monoisotopic (exact) mass is 314 g/mol. The van der Waals surface area contributed by atoms with E-state index in [4.69, 9.17) is 4.74 Å². The van der Waals surface area contributed by atoms with Gasteiger partial charge in [0.2, 0.25) is 0 Å². The zero-order valence-corrected chi connectivity index (χ0v) is 13.4. The number of ketones is 1. The molecule has 2 nitrogen and oxygen atoms in total. The van der Waals surface area contributed by atoms with Crippen LogP contribution in [0.3, 0.4) is 0 Å². The van der Waals surface area contributed by atoms with Gasteiger partial charge in [-0.2, -0.15) is 13.2 Å². The predicted octanol–water partition coefficient (Wildman–Crippen LogP) is 4.06. The molecular weight excluding hydrogens is 297 g/mol. The fourth-order valence-corrected chi connectivity index (χ4v) is 1.95. The van der Waals surface area contributed by atoms with Crippen LogP contribution in [-0.4, -0.2) is 26.6 Å². The van der Waals surface area contributed by atoms with E-state index in [-0.39, 0.29) is 17.1 Å². The molecule has 0 aromatic heterocycles. The first-order valence-electron chi connectivity index (χ1n) is 6.36. The minimum absolute atomic E-state index is 0.0813. The molecule has 0 aliphatic rings. The maximum Gasteiger partial charge on any atom is 0.422 e. The number of carbonyl (C=O) groups is 1. The van der Waals surface area contributed by atoms with Crippen molar-refractivity contribution in [1.29, 1.82) is 0 Å². The topological polar surface area (TPSA) is 26.3 Å². The summed E-state index contributed by atoms with van der Waals surface area (Å²) in [6, 6.07) is 4.45. The zero-order valence-electron chi connectivity index (χ0n) is 12.4. The van der Waals surface area contributed by atoms with Gasteiger partial charge in [0.15, 0.2) is 12.4 Å². The van der Waals surface area contributed by atoms with Gasteiger partial charge >= 0.3 is 6.18 Å². The second-order valence-corrected chi connectivity index (χ2v) is 10.4. The van der Waals surface area contributed by atoms with Crippen LogP contribution in [0.4, 0.5) is 13.2 Å². The lowest BCUT2D eigenvalue weighted by Gasteiger charge is -2.12. The average Bonchev–Trinajstić information content (AvgIpc) is 2.32. The van der Waals surface area contributed by atoms with Gasteiger partial charge in [-0.25, -0.2) is 0 Å². The third kappa shape index (κ3) is 6.49. The van der Waals surface area contributed by atoms with Gasteiger partial charge < -0.3 is 4.74 Å². The highest BCUT2D eigenvalue weighted by Crippen LogP contribution is 2.24. The molecule has 0 saturated heterocycles. The van der Waals surface area contributed by atoms with Crippen molar-refractivity contribution in [2.45, 2.75) is 32.7 Å². The Morgan fingerprint density at radius 2 is 1.90 bits per heavy atom. The SMILES string of the molecule is CC(=O)c1ccc(C#C[Si](C)(C)C)cc1OCC(F)(F)F. The van der Waals surface area contributed by atoms with Crippen molar-refractivity contribution in [3.8, 4) is 17.2 Å². The fourth-order valence-electron chi connectivity index (χ4n) is 1.43. The van der Waals surface area contributed by atoms with Gasteiger partial charge in [0.25, 0.3) is 0 Å². The lowest BCUT2D eigenvalue weighted by Crippen LogP contribution is -2.20. The maximum absolute atomic E-state index is 12.2. The number of benzene rings is 1. The minimum atomic E-state index is -4.45. The average molecular weight is 314 g/mol. The van der Waals surface area contributed by atoms with Gasteiger partial charge in [0, 0.05) is 5.56 Å². The van der Waals surface area contributed by atoms with Crippen molar-refractivity contribution >= 4 is 13.9 Å². The molecule has 0 N–H and O–H groups in total. The lowest BCUT2D eigenvalue weighted by molar-refractivity contribution is -0.153. The highest BCUT2D eigenvalue weighted by atomic mass is 28.3.